The molecule has 0 unspecified atom stereocenters. The molecular weight excluding hydrogens is 358 g/mol. The maximum Gasteiger partial charge on any atom is 0.407 e. The number of likely N-dealkylation sites (tertiary alicyclic amines) is 1. The van der Waals surface area contributed by atoms with E-state index in [1.54, 1.807) is 24.3 Å². The number of fused-ring (bicyclic) bond motifs is 1. The Labute approximate surface area is 166 Å². The zero-order chi connectivity index (χ0) is 20.3. The first-order chi connectivity index (χ1) is 13.2. The number of hydrogen-bond acceptors (Lipinski definition) is 5. The van der Waals surface area contributed by atoms with Crippen molar-refractivity contribution in [2.45, 2.75) is 39.2 Å². The van der Waals surface area contributed by atoms with Crippen molar-refractivity contribution in [1.29, 1.82) is 0 Å². The minimum atomic E-state index is -0.490. The van der Waals surface area contributed by atoms with Crippen LogP contribution in [0.25, 0.3) is 0 Å². The van der Waals surface area contributed by atoms with Gasteiger partial charge in [-0.1, -0.05) is 12.1 Å². The fraction of sp³-hybridized carbons (Fsp3) is 0.571. The molecule has 2 heterocycles. The quantitative estimate of drug-likeness (QED) is 0.759. The van der Waals surface area contributed by atoms with Crippen molar-refractivity contribution in [2.75, 3.05) is 32.7 Å². The molecule has 1 atom stereocenters. The Balaban J connectivity index is 1.37. The number of amides is 3. The summed E-state index contributed by atoms with van der Waals surface area (Å²) in [6.07, 6.45) is 1.39. The molecular formula is C21H29N3O4. The van der Waals surface area contributed by atoms with Crippen molar-refractivity contribution in [3.05, 3.63) is 35.4 Å². The topological polar surface area (TPSA) is 79.0 Å². The summed E-state index contributed by atoms with van der Waals surface area (Å²) in [6.45, 7) is 9.26. The average molecular weight is 387 g/mol. The maximum absolute atomic E-state index is 12.4. The summed E-state index contributed by atoms with van der Waals surface area (Å²) in [4.78, 5) is 40.2. The number of imide groups is 1. The summed E-state index contributed by atoms with van der Waals surface area (Å²) in [5, 5.41) is 2.84. The third-order valence-electron chi connectivity index (χ3n) is 5.04. The number of benzene rings is 1. The van der Waals surface area contributed by atoms with Gasteiger partial charge in [-0.3, -0.25) is 14.5 Å². The lowest BCUT2D eigenvalue weighted by Gasteiger charge is -2.21. The molecule has 7 heteroatoms. The average Bonchev–Trinajstić information content (AvgIpc) is 3.17. The second-order valence-electron chi connectivity index (χ2n) is 8.50. The molecule has 0 radical (unpaired) electrons. The van der Waals surface area contributed by atoms with Crippen molar-refractivity contribution in [1.82, 2.24) is 15.1 Å². The zero-order valence-corrected chi connectivity index (χ0v) is 16.9. The Bertz CT molecular complexity index is 721. The van der Waals surface area contributed by atoms with Gasteiger partial charge in [-0.05, 0) is 64.8 Å². The number of alkyl carbamates (subject to hydrolysis) is 1. The molecule has 1 aromatic carbocycles. The van der Waals surface area contributed by atoms with E-state index in [0.29, 0.717) is 30.1 Å². The number of ether oxygens (including phenoxy) is 1. The lowest BCUT2D eigenvalue weighted by atomic mass is 10.1. The van der Waals surface area contributed by atoms with Gasteiger partial charge in [0.2, 0.25) is 0 Å². The number of carbonyl (C=O) groups is 3. The lowest BCUT2D eigenvalue weighted by molar-refractivity contribution is 0.0519. The molecule has 152 valence electrons. The highest BCUT2D eigenvalue weighted by Gasteiger charge is 2.34. The first-order valence-electron chi connectivity index (χ1n) is 9.89. The van der Waals surface area contributed by atoms with Gasteiger partial charge in [0.05, 0.1) is 11.1 Å². The van der Waals surface area contributed by atoms with Crippen LogP contribution in [0.4, 0.5) is 4.79 Å². The van der Waals surface area contributed by atoms with Gasteiger partial charge in [0, 0.05) is 19.6 Å². The Morgan fingerprint density at radius 2 is 1.79 bits per heavy atom. The smallest absolute Gasteiger partial charge is 0.407 e. The second kappa shape index (κ2) is 8.31. The third-order valence-corrected chi connectivity index (χ3v) is 5.04. The number of nitrogens with one attached hydrogen (secondary N) is 1. The molecule has 1 aromatic rings. The SMILES string of the molecule is CC(C)(C)OC(=O)NC[C@@H]1CCN(CCCN2C(=O)c3ccccc3C2=O)C1. The summed E-state index contributed by atoms with van der Waals surface area (Å²) in [6, 6.07) is 6.98. The molecule has 2 aliphatic heterocycles. The van der Waals surface area contributed by atoms with Crippen LogP contribution in [0, 0.1) is 5.92 Å². The maximum atomic E-state index is 12.4. The minimum absolute atomic E-state index is 0.193. The van der Waals surface area contributed by atoms with Crippen LogP contribution in [-0.2, 0) is 4.74 Å². The fourth-order valence-corrected chi connectivity index (χ4v) is 3.72. The van der Waals surface area contributed by atoms with E-state index >= 15 is 0 Å². The van der Waals surface area contributed by atoms with Crippen LogP contribution < -0.4 is 5.32 Å². The monoisotopic (exact) mass is 387 g/mol. The van der Waals surface area contributed by atoms with Crippen LogP contribution in [-0.4, -0.2) is 66.0 Å². The van der Waals surface area contributed by atoms with Gasteiger partial charge < -0.3 is 15.0 Å². The van der Waals surface area contributed by atoms with Crippen LogP contribution >= 0.6 is 0 Å². The van der Waals surface area contributed by atoms with Gasteiger partial charge in [0.25, 0.3) is 11.8 Å². The number of nitrogens with zero attached hydrogens (tertiary/aromatic N) is 2. The lowest BCUT2D eigenvalue weighted by Crippen LogP contribution is -2.36. The van der Waals surface area contributed by atoms with Gasteiger partial charge in [0.15, 0.2) is 0 Å². The van der Waals surface area contributed by atoms with Crippen LogP contribution in [0.3, 0.4) is 0 Å². The number of rotatable bonds is 6. The van der Waals surface area contributed by atoms with E-state index in [2.05, 4.69) is 10.2 Å². The van der Waals surface area contributed by atoms with Gasteiger partial charge in [-0.2, -0.15) is 0 Å². The molecule has 0 spiro atoms. The highest BCUT2D eigenvalue weighted by molar-refractivity contribution is 6.21. The van der Waals surface area contributed by atoms with E-state index in [1.807, 2.05) is 20.8 Å². The largest absolute Gasteiger partial charge is 0.444 e. The third kappa shape index (κ3) is 4.90. The van der Waals surface area contributed by atoms with Gasteiger partial charge in [0.1, 0.15) is 5.60 Å². The highest BCUT2D eigenvalue weighted by Crippen LogP contribution is 2.23. The predicted molar refractivity (Wildman–Crippen MR) is 105 cm³/mol. The van der Waals surface area contributed by atoms with E-state index in [4.69, 9.17) is 4.74 Å². The van der Waals surface area contributed by atoms with E-state index in [0.717, 1.165) is 32.5 Å². The molecule has 0 bridgehead atoms. The standard InChI is InChI=1S/C21H29N3O4/c1-21(2,3)28-20(27)22-13-15-9-12-23(14-15)10-6-11-24-18(25)16-7-4-5-8-17(16)19(24)26/h4-5,7-8,15H,6,9-14H2,1-3H3,(H,22,27)/t15-/m0/s1. The van der Waals surface area contributed by atoms with Crippen molar-refractivity contribution in [3.63, 3.8) is 0 Å². The first-order valence-corrected chi connectivity index (χ1v) is 9.89. The Hall–Kier alpha value is -2.41. The highest BCUT2D eigenvalue weighted by atomic mass is 16.6. The second-order valence-corrected chi connectivity index (χ2v) is 8.50. The molecule has 2 aliphatic rings. The molecule has 0 aromatic heterocycles. The summed E-state index contributed by atoms with van der Waals surface area (Å²) in [5.74, 6) is 0.00902. The van der Waals surface area contributed by atoms with Crippen molar-refractivity contribution in [2.24, 2.45) is 5.92 Å². The van der Waals surface area contributed by atoms with Crippen molar-refractivity contribution in [3.8, 4) is 0 Å². The zero-order valence-electron chi connectivity index (χ0n) is 16.9. The van der Waals surface area contributed by atoms with Crippen LogP contribution in [0.1, 0.15) is 54.3 Å². The van der Waals surface area contributed by atoms with E-state index in [9.17, 15) is 14.4 Å². The Morgan fingerprint density at radius 1 is 1.14 bits per heavy atom. The number of carbonyl (C=O) groups excluding carboxylic acids is 3. The van der Waals surface area contributed by atoms with Crippen molar-refractivity contribution < 1.29 is 19.1 Å². The van der Waals surface area contributed by atoms with E-state index in [1.165, 1.54) is 4.90 Å². The molecule has 28 heavy (non-hydrogen) atoms. The van der Waals surface area contributed by atoms with Gasteiger partial charge >= 0.3 is 6.09 Å². The Morgan fingerprint density at radius 3 is 2.39 bits per heavy atom. The molecule has 0 saturated carbocycles. The molecule has 3 amide bonds. The summed E-state index contributed by atoms with van der Waals surface area (Å²) in [7, 11) is 0. The molecule has 0 aliphatic carbocycles. The van der Waals surface area contributed by atoms with E-state index in [-0.39, 0.29) is 17.9 Å². The molecule has 1 fully saturated rings. The first kappa shape index (κ1) is 20.3. The Kier molecular flexibility index (Phi) is 6.03. The van der Waals surface area contributed by atoms with Gasteiger partial charge in [-0.25, -0.2) is 4.79 Å². The minimum Gasteiger partial charge on any atom is -0.444 e. The van der Waals surface area contributed by atoms with Crippen LogP contribution in [0.2, 0.25) is 0 Å². The summed E-state index contributed by atoms with van der Waals surface area (Å²) >= 11 is 0. The van der Waals surface area contributed by atoms with E-state index < -0.39 is 5.60 Å². The normalized spacial score (nSPS) is 19.8. The fourth-order valence-electron chi connectivity index (χ4n) is 3.72. The van der Waals surface area contributed by atoms with Gasteiger partial charge in [-0.15, -0.1) is 0 Å². The van der Waals surface area contributed by atoms with Crippen LogP contribution in [0.5, 0.6) is 0 Å². The summed E-state index contributed by atoms with van der Waals surface area (Å²) < 4.78 is 5.26. The number of hydrogen-bond donors (Lipinski definition) is 1. The molecule has 7 nitrogen and oxygen atoms in total. The molecule has 1 N–H and O–H groups in total. The molecule has 1 saturated heterocycles. The van der Waals surface area contributed by atoms with Crippen molar-refractivity contribution >= 4 is 17.9 Å². The van der Waals surface area contributed by atoms with Crippen LogP contribution in [0.15, 0.2) is 24.3 Å². The summed E-state index contributed by atoms with van der Waals surface area (Å²) in [5.41, 5.74) is 0.513. The predicted octanol–water partition coefficient (Wildman–Crippen LogP) is 2.52. The molecule has 3 rings (SSSR count).